The van der Waals surface area contributed by atoms with E-state index in [0.29, 0.717) is 6.54 Å². The number of carbonyl (C=O) groups is 2. The Kier molecular flexibility index (Phi) is 6.57. The summed E-state index contributed by atoms with van der Waals surface area (Å²) in [5.74, 6) is 0.339. The van der Waals surface area contributed by atoms with Gasteiger partial charge < -0.3 is 10.6 Å². The van der Waals surface area contributed by atoms with Gasteiger partial charge in [0.15, 0.2) is 0 Å². The van der Waals surface area contributed by atoms with Gasteiger partial charge in [0.2, 0.25) is 11.8 Å². The number of carbonyl (C=O) groups excluding carboxylic acids is 2. The van der Waals surface area contributed by atoms with Crippen LogP contribution in [0, 0.1) is 5.82 Å². The minimum Gasteiger partial charge on any atom is -0.356 e. The largest absolute Gasteiger partial charge is 0.356 e. The molecule has 0 spiro atoms. The van der Waals surface area contributed by atoms with Gasteiger partial charge in [-0.1, -0.05) is 12.1 Å². The van der Waals surface area contributed by atoms with Crippen LogP contribution in [0.1, 0.15) is 12.8 Å². The maximum absolute atomic E-state index is 12.8. The van der Waals surface area contributed by atoms with Crippen LogP contribution in [-0.4, -0.2) is 29.4 Å². The molecule has 0 aliphatic carbocycles. The lowest BCUT2D eigenvalue weighted by molar-refractivity contribution is -0.124. The SMILES string of the molecule is O=C(CC1Sc2ccccc2NC1=O)NCCCSc1ccc(F)cc1. The predicted octanol–water partition coefficient (Wildman–Crippen LogP) is 3.93. The normalized spacial score (nSPS) is 15.9. The molecule has 0 radical (unpaired) electrons. The van der Waals surface area contributed by atoms with Gasteiger partial charge in [-0.15, -0.1) is 23.5 Å². The van der Waals surface area contributed by atoms with Crippen molar-refractivity contribution in [3.63, 3.8) is 0 Å². The number of nitrogens with one attached hydrogen (secondary N) is 2. The minimum atomic E-state index is -0.404. The summed E-state index contributed by atoms with van der Waals surface area (Å²) in [5, 5.41) is 5.30. The van der Waals surface area contributed by atoms with Crippen LogP contribution in [0.5, 0.6) is 0 Å². The molecule has 4 nitrogen and oxygen atoms in total. The molecule has 1 unspecified atom stereocenters. The summed E-state index contributed by atoms with van der Waals surface area (Å²) in [6, 6.07) is 14.0. The van der Waals surface area contributed by atoms with Gasteiger partial charge in [-0.25, -0.2) is 4.39 Å². The lowest BCUT2D eigenvalue weighted by Crippen LogP contribution is -2.35. The summed E-state index contributed by atoms with van der Waals surface area (Å²) < 4.78 is 12.8. The second kappa shape index (κ2) is 9.09. The summed E-state index contributed by atoms with van der Waals surface area (Å²) in [6.45, 7) is 0.558. The smallest absolute Gasteiger partial charge is 0.238 e. The summed E-state index contributed by atoms with van der Waals surface area (Å²) in [5.41, 5.74) is 0.803. The molecule has 2 N–H and O–H groups in total. The van der Waals surface area contributed by atoms with Crippen molar-refractivity contribution in [1.29, 1.82) is 0 Å². The van der Waals surface area contributed by atoms with E-state index in [2.05, 4.69) is 10.6 Å². The molecule has 136 valence electrons. The first kappa shape index (κ1) is 18.8. The maximum Gasteiger partial charge on any atom is 0.238 e. The molecule has 2 aromatic carbocycles. The molecule has 2 aromatic rings. The minimum absolute atomic E-state index is 0.121. The Balaban J connectivity index is 1.36. The van der Waals surface area contributed by atoms with Crippen molar-refractivity contribution in [1.82, 2.24) is 5.32 Å². The van der Waals surface area contributed by atoms with E-state index in [9.17, 15) is 14.0 Å². The summed E-state index contributed by atoms with van der Waals surface area (Å²) in [4.78, 5) is 26.2. The molecule has 1 heterocycles. The van der Waals surface area contributed by atoms with E-state index in [1.807, 2.05) is 24.3 Å². The average molecular weight is 391 g/mol. The van der Waals surface area contributed by atoms with Gasteiger partial charge in [-0.05, 0) is 48.6 Å². The number of para-hydroxylation sites is 1. The first-order valence-corrected chi connectivity index (χ1v) is 10.2. The fourth-order valence-corrected chi connectivity index (χ4v) is 4.45. The Bertz CT molecular complexity index is 783. The lowest BCUT2D eigenvalue weighted by atomic mass is 10.2. The molecule has 0 aromatic heterocycles. The van der Waals surface area contributed by atoms with Crippen LogP contribution < -0.4 is 10.6 Å². The summed E-state index contributed by atoms with van der Waals surface area (Å²) >= 11 is 3.05. The second-order valence-corrected chi connectivity index (χ2v) is 8.21. The second-order valence-electron chi connectivity index (χ2n) is 5.80. The van der Waals surface area contributed by atoms with Gasteiger partial charge in [0.25, 0.3) is 0 Å². The summed E-state index contributed by atoms with van der Waals surface area (Å²) in [7, 11) is 0. The molecule has 0 saturated carbocycles. The first-order chi connectivity index (χ1) is 12.6. The maximum atomic E-state index is 12.8. The van der Waals surface area contributed by atoms with Gasteiger partial charge >= 0.3 is 0 Å². The van der Waals surface area contributed by atoms with Crippen molar-refractivity contribution in [2.75, 3.05) is 17.6 Å². The van der Waals surface area contributed by atoms with Gasteiger partial charge in [-0.3, -0.25) is 9.59 Å². The molecule has 7 heteroatoms. The highest BCUT2D eigenvalue weighted by Gasteiger charge is 2.28. The van der Waals surface area contributed by atoms with E-state index >= 15 is 0 Å². The van der Waals surface area contributed by atoms with Crippen molar-refractivity contribution in [3.8, 4) is 0 Å². The predicted molar refractivity (Wildman–Crippen MR) is 104 cm³/mol. The third-order valence-electron chi connectivity index (χ3n) is 3.80. The molecule has 3 rings (SSSR count). The van der Waals surface area contributed by atoms with Crippen LogP contribution in [0.4, 0.5) is 10.1 Å². The molecule has 1 aliphatic heterocycles. The van der Waals surface area contributed by atoms with Gasteiger partial charge in [0.1, 0.15) is 5.82 Å². The quantitative estimate of drug-likeness (QED) is 0.556. The number of fused-ring (bicyclic) bond motifs is 1. The zero-order chi connectivity index (χ0) is 18.4. The van der Waals surface area contributed by atoms with Crippen LogP contribution in [0.2, 0.25) is 0 Å². The fraction of sp³-hybridized carbons (Fsp3) is 0.263. The molecular formula is C19H19FN2O2S2. The van der Waals surface area contributed by atoms with Crippen molar-refractivity contribution < 1.29 is 14.0 Å². The fourth-order valence-electron chi connectivity index (χ4n) is 2.49. The van der Waals surface area contributed by atoms with Crippen LogP contribution in [0.3, 0.4) is 0 Å². The van der Waals surface area contributed by atoms with Crippen molar-refractivity contribution in [2.45, 2.75) is 27.9 Å². The van der Waals surface area contributed by atoms with Gasteiger partial charge in [0, 0.05) is 22.8 Å². The number of anilines is 1. The van der Waals surface area contributed by atoms with Crippen LogP contribution >= 0.6 is 23.5 Å². The van der Waals surface area contributed by atoms with Crippen molar-refractivity contribution in [2.24, 2.45) is 0 Å². The highest BCUT2D eigenvalue weighted by molar-refractivity contribution is 8.01. The van der Waals surface area contributed by atoms with Gasteiger partial charge in [-0.2, -0.15) is 0 Å². The zero-order valence-corrected chi connectivity index (χ0v) is 15.7. The van der Waals surface area contributed by atoms with E-state index < -0.39 is 5.25 Å². The number of thioether (sulfide) groups is 2. The number of benzene rings is 2. The Hall–Kier alpha value is -1.99. The standard InChI is InChI=1S/C19H19FN2O2S2/c20-13-6-8-14(9-7-13)25-11-3-10-21-18(23)12-17-19(24)22-15-4-1-2-5-16(15)26-17/h1-2,4-9,17H,3,10-12H2,(H,21,23)(H,22,24). The molecule has 1 atom stereocenters. The topological polar surface area (TPSA) is 58.2 Å². The highest BCUT2D eigenvalue weighted by Crippen LogP contribution is 2.36. The third-order valence-corrected chi connectivity index (χ3v) is 6.18. The van der Waals surface area contributed by atoms with Crippen molar-refractivity contribution >= 4 is 41.0 Å². The molecule has 1 aliphatic rings. The summed E-state index contributed by atoms with van der Waals surface area (Å²) in [6.07, 6.45) is 0.969. The van der Waals surface area contributed by atoms with Gasteiger partial charge in [0.05, 0.1) is 10.9 Å². The Labute approximate surface area is 160 Å². The number of amides is 2. The van der Waals surface area contributed by atoms with Crippen LogP contribution in [0.25, 0.3) is 0 Å². The van der Waals surface area contributed by atoms with E-state index in [4.69, 9.17) is 0 Å². The number of rotatable bonds is 7. The molecule has 0 bridgehead atoms. The average Bonchev–Trinajstić information content (AvgIpc) is 2.63. The Morgan fingerprint density at radius 1 is 1.19 bits per heavy atom. The van der Waals surface area contributed by atoms with Crippen molar-refractivity contribution in [3.05, 3.63) is 54.3 Å². The first-order valence-electron chi connectivity index (χ1n) is 8.33. The van der Waals surface area contributed by atoms with Crippen LogP contribution in [-0.2, 0) is 9.59 Å². The van der Waals surface area contributed by atoms with E-state index in [1.54, 1.807) is 23.9 Å². The zero-order valence-electron chi connectivity index (χ0n) is 14.0. The lowest BCUT2D eigenvalue weighted by Gasteiger charge is -2.23. The highest BCUT2D eigenvalue weighted by atomic mass is 32.2. The van der Waals surface area contributed by atoms with E-state index in [1.165, 1.54) is 23.9 Å². The third kappa shape index (κ3) is 5.25. The molecule has 0 fully saturated rings. The Morgan fingerprint density at radius 3 is 2.77 bits per heavy atom. The van der Waals surface area contributed by atoms with Crippen LogP contribution in [0.15, 0.2) is 58.3 Å². The van der Waals surface area contributed by atoms with E-state index in [0.717, 1.165) is 27.7 Å². The number of hydrogen-bond acceptors (Lipinski definition) is 4. The van der Waals surface area contributed by atoms with E-state index in [-0.39, 0.29) is 24.1 Å². The number of halogens is 1. The Morgan fingerprint density at radius 2 is 1.96 bits per heavy atom. The monoisotopic (exact) mass is 390 g/mol. The molecular weight excluding hydrogens is 371 g/mol. The molecule has 0 saturated heterocycles. The molecule has 2 amide bonds. The number of hydrogen-bond donors (Lipinski definition) is 2. The molecule has 26 heavy (non-hydrogen) atoms.